The van der Waals surface area contributed by atoms with Gasteiger partial charge in [-0.3, -0.25) is 0 Å². The molecule has 0 saturated heterocycles. The van der Waals surface area contributed by atoms with Gasteiger partial charge < -0.3 is 22.6 Å². The maximum atomic E-state index is 11.7. The van der Waals surface area contributed by atoms with Crippen LogP contribution in [0.25, 0.3) is 86.2 Å². The van der Waals surface area contributed by atoms with Crippen molar-refractivity contribution < 1.29 is 71.1 Å². The van der Waals surface area contributed by atoms with E-state index in [9.17, 15) is 10.2 Å². The van der Waals surface area contributed by atoms with E-state index in [0.29, 0.717) is 0 Å². The van der Waals surface area contributed by atoms with Crippen molar-refractivity contribution in [1.29, 1.82) is 0 Å². The van der Waals surface area contributed by atoms with Crippen LogP contribution in [0.2, 0.25) is 0 Å². The average molecular weight is 1400 g/mol. The Labute approximate surface area is 592 Å². The molecule has 0 unspecified atom stereocenters. The largest absolute Gasteiger partial charge is 1.00 e. The van der Waals surface area contributed by atoms with E-state index >= 15 is 0 Å². The number of benzene rings is 10. The van der Waals surface area contributed by atoms with Crippen LogP contribution in [0, 0.1) is 27.7 Å². The van der Waals surface area contributed by atoms with Crippen LogP contribution in [0.15, 0.2) is 231 Å². The molecule has 0 heterocycles. The molecule has 0 saturated carbocycles. The van der Waals surface area contributed by atoms with Crippen LogP contribution in [0.3, 0.4) is 0 Å². The second kappa shape index (κ2) is 32.5. The molecule has 0 aliphatic heterocycles. The van der Waals surface area contributed by atoms with Gasteiger partial charge in [-0.25, -0.2) is 0 Å². The van der Waals surface area contributed by atoms with E-state index in [1.165, 1.54) is 147 Å². The molecule has 0 spiro atoms. The zero-order valence-electron chi connectivity index (χ0n) is 58.3. The van der Waals surface area contributed by atoms with Gasteiger partial charge >= 0.3 is 69.7 Å². The Hall–Kier alpha value is -6.92. The normalized spacial score (nSPS) is 11.3. The van der Waals surface area contributed by atoms with E-state index in [4.69, 9.17) is 0 Å². The summed E-state index contributed by atoms with van der Waals surface area (Å²) >= 11 is 2.85. The smallest absolute Gasteiger partial charge is 1.00 e. The number of aryl methyl sites for hydroxylation is 4. The van der Waals surface area contributed by atoms with Crippen molar-refractivity contribution in [1.82, 2.24) is 0 Å². The predicted molar refractivity (Wildman–Crippen MR) is 397 cm³/mol. The average Bonchev–Trinajstić information content (AvgIpc) is 1.68. The first-order valence-corrected chi connectivity index (χ1v) is 35.0. The van der Waals surface area contributed by atoms with Gasteiger partial charge in [0.15, 0.2) is 0 Å². The summed E-state index contributed by atoms with van der Waals surface area (Å²) in [4.78, 5) is 0. The number of rotatable bonds is 0. The molecule has 0 atom stereocenters. The Kier molecular flexibility index (Phi) is 26.2. The fourth-order valence-corrected chi connectivity index (χ4v) is 11.6. The van der Waals surface area contributed by atoms with Crippen LogP contribution in [0.5, 0.6) is 11.5 Å². The van der Waals surface area contributed by atoms with Crippen molar-refractivity contribution in [3.05, 3.63) is 275 Å². The Bertz CT molecular complexity index is 4250. The summed E-state index contributed by atoms with van der Waals surface area (Å²) in [5.74, 6) is 0.297. The van der Waals surface area contributed by atoms with Crippen LogP contribution < -0.4 is 22.6 Å². The third kappa shape index (κ3) is 20.1. The first kappa shape index (κ1) is 75.1. The van der Waals surface area contributed by atoms with Gasteiger partial charge in [-0.15, -0.1) is 125 Å². The maximum absolute atomic E-state index is 11.7. The number of hydrogen-bond donors (Lipinski definition) is 0. The van der Waals surface area contributed by atoms with Crippen molar-refractivity contribution in [3.8, 4) is 11.5 Å². The first-order valence-electron chi connectivity index (χ1n) is 32.1. The van der Waals surface area contributed by atoms with E-state index in [1.807, 2.05) is 12.1 Å². The van der Waals surface area contributed by atoms with E-state index in [-0.39, 0.29) is 45.6 Å². The molecule has 0 radical (unpaired) electrons. The van der Waals surface area contributed by atoms with Gasteiger partial charge in [-0.1, -0.05) is 301 Å². The Morgan fingerprint density at radius 3 is 0.731 bits per heavy atom. The topological polar surface area (TPSA) is 46.1 Å². The van der Waals surface area contributed by atoms with Crippen molar-refractivity contribution in [3.63, 3.8) is 0 Å². The fourth-order valence-electron chi connectivity index (χ4n) is 11.6. The van der Waals surface area contributed by atoms with Gasteiger partial charge in [-0.05, 0) is 54.3 Å². The van der Waals surface area contributed by atoms with Gasteiger partial charge in [0.05, 0.1) is 0 Å². The summed E-state index contributed by atoms with van der Waals surface area (Å²) in [7, 11) is 0. The molecule has 5 heteroatoms. The molecular weight excluding hydrogens is 1310 g/mol. The summed E-state index contributed by atoms with van der Waals surface area (Å²) in [6.45, 7) is 38.3. The molecule has 14 rings (SSSR count). The third-order valence-electron chi connectivity index (χ3n) is 16.3. The minimum Gasteiger partial charge on any atom is -1.00 e. The van der Waals surface area contributed by atoms with Gasteiger partial charge in [0.2, 0.25) is 0 Å². The van der Waals surface area contributed by atoms with Crippen molar-refractivity contribution in [2.24, 2.45) is 0 Å². The van der Waals surface area contributed by atoms with Gasteiger partial charge in [0.1, 0.15) is 0 Å². The second-order valence-corrected chi connectivity index (χ2v) is 31.2. The Morgan fingerprint density at radius 1 is 0.312 bits per heavy atom. The van der Waals surface area contributed by atoms with Crippen LogP contribution >= 0.6 is 0 Å². The summed E-state index contributed by atoms with van der Waals surface area (Å²) in [5.41, 5.74) is 9.72. The van der Waals surface area contributed by atoms with E-state index < -0.39 is 0 Å². The predicted octanol–water partition coefficient (Wildman–Crippen LogP) is 20.5. The summed E-state index contributed by atoms with van der Waals surface area (Å²) in [5, 5.41) is 45.1. The molecule has 2 nitrogen and oxygen atoms in total. The second-order valence-electron chi connectivity index (χ2n) is 28.7. The Balaban J connectivity index is 0.000000174. The molecule has 93 heavy (non-hydrogen) atoms. The third-order valence-corrected chi connectivity index (χ3v) is 16.3. The molecule has 476 valence electrons. The molecule has 14 aromatic carbocycles. The molecule has 0 N–H and O–H groups in total. The molecule has 0 bridgehead atoms. The van der Waals surface area contributed by atoms with Crippen molar-refractivity contribution in [2.75, 3.05) is 0 Å². The zero-order chi connectivity index (χ0) is 67.5. The maximum Gasteiger partial charge on any atom is -1.00 e. The quantitative estimate of drug-likeness (QED) is 0.142. The number of hydrogen-bond acceptors (Lipinski definition) is 2. The van der Waals surface area contributed by atoms with Crippen molar-refractivity contribution in [2.45, 2.75) is 146 Å². The van der Waals surface area contributed by atoms with Crippen LogP contribution in [0.1, 0.15) is 141 Å². The summed E-state index contributed by atoms with van der Waals surface area (Å²) < 4.78 is 4.85. The molecular formula is C88H94ClO2Zr2-3. The Morgan fingerprint density at radius 2 is 0.527 bits per heavy atom. The summed E-state index contributed by atoms with van der Waals surface area (Å²) in [6.07, 6.45) is 0. The number of halogens is 1. The molecule has 14 aromatic rings. The van der Waals surface area contributed by atoms with Gasteiger partial charge in [-0.2, -0.15) is 24.3 Å². The minimum atomic E-state index is -0.0711. The zero-order valence-corrected chi connectivity index (χ0v) is 64.0. The van der Waals surface area contributed by atoms with Gasteiger partial charge in [0, 0.05) is 0 Å². The van der Waals surface area contributed by atoms with Crippen molar-refractivity contribution >= 4 is 93.6 Å². The van der Waals surface area contributed by atoms with E-state index in [2.05, 4.69) is 335 Å². The SMILES string of the molecule is CC(C)(C)c1ccc([O-])c(C(C)(C)C)c1.CC(C)(C)c1ccc([O-])c(C(C)(C)C)c1.C[C](C)=[Zr+2].Cc1cc2c(ccc3ccccc32)[cH-]1.Cc1cc2c(ccc3ccccc32)[cH-]1.Cc1cc2c(ccc3ccccc32)[cH-]1.Cc1cc2c(ccc3ccccc32)[cH-]1.[CH2]=[Zr+2].[Cl-]. The van der Waals surface area contributed by atoms with Crippen LogP contribution in [-0.4, -0.2) is 7.42 Å². The molecule has 0 amide bonds. The minimum absolute atomic E-state index is 0. The monoisotopic (exact) mass is 1400 g/mol. The van der Waals surface area contributed by atoms with Crippen LogP contribution in [-0.2, 0) is 70.1 Å². The fraction of sp³-hybridized carbons (Fsp3) is 0.250. The molecule has 0 aliphatic rings. The summed E-state index contributed by atoms with van der Waals surface area (Å²) in [6, 6.07) is 81.1. The molecule has 0 aliphatic carbocycles. The molecule has 0 fully saturated rings. The number of fused-ring (bicyclic) bond motifs is 12. The standard InChI is InChI=1S/2C14H22O.4C14H11.C3H6.CH2.ClH.2Zr/c2*1-13(2,3)10-7-8-12(15)11(9-10)14(4,5)6;4*1-10-8-12-7-6-11-4-2-3-5-13(11)14(12)9-10;1-3-2;;;;/h2*7-9,15H,1-6H3;4*2-9H,1H3;1-2H3;1H2;1H;;/q;;4*-1;;;;2*+2/p-3. The van der Waals surface area contributed by atoms with Crippen LogP contribution in [0.4, 0.5) is 0 Å². The first-order chi connectivity index (χ1) is 43.3. The van der Waals surface area contributed by atoms with Gasteiger partial charge in [0.25, 0.3) is 0 Å². The van der Waals surface area contributed by atoms with E-state index in [1.54, 1.807) is 36.4 Å². The van der Waals surface area contributed by atoms with E-state index in [0.717, 1.165) is 11.1 Å². The molecule has 0 aromatic heterocycles.